The number of aromatic nitrogens is 1. The van der Waals surface area contributed by atoms with Crippen LogP contribution in [-0.4, -0.2) is 68.3 Å². The van der Waals surface area contributed by atoms with Gasteiger partial charge in [0.05, 0.1) is 15.1 Å². The van der Waals surface area contributed by atoms with Gasteiger partial charge in [-0.15, -0.1) is 12.4 Å². The Hall–Kier alpha value is -2.04. The molecule has 1 amide bonds. The van der Waals surface area contributed by atoms with Gasteiger partial charge in [0, 0.05) is 32.2 Å². The second kappa shape index (κ2) is 13.7. The highest BCUT2D eigenvalue weighted by atomic mass is 35.5. The summed E-state index contributed by atoms with van der Waals surface area (Å²) in [5.41, 5.74) is 3.62. The highest BCUT2D eigenvalue weighted by Crippen LogP contribution is 2.33. The summed E-state index contributed by atoms with van der Waals surface area (Å²) in [4.78, 5) is 22.7. The van der Waals surface area contributed by atoms with Crippen LogP contribution in [0.1, 0.15) is 55.1 Å². The summed E-state index contributed by atoms with van der Waals surface area (Å²) in [7, 11) is -2.00. The molecule has 2 aromatic carbocycles. The zero-order chi connectivity index (χ0) is 26.5. The number of sulfonamides is 1. The lowest BCUT2D eigenvalue weighted by atomic mass is 10.1. The number of rotatable bonds is 12. The zero-order valence-electron chi connectivity index (χ0n) is 22.7. The topological polar surface area (TPSA) is 73.8 Å². The molecule has 0 radical (unpaired) electrons. The number of hydrogen-bond acceptors (Lipinski definition) is 6. The second-order valence-electron chi connectivity index (χ2n) is 9.11. The summed E-state index contributed by atoms with van der Waals surface area (Å²) in [6.45, 7) is 13.8. The number of unbranched alkanes of at least 4 members (excludes halogenated alkanes) is 1. The smallest absolute Gasteiger partial charge is 0.260 e. The van der Waals surface area contributed by atoms with E-state index in [4.69, 9.17) is 4.98 Å². The number of carbonyl (C=O) groups excluding carboxylic acids is 1. The Bertz CT molecular complexity index is 1290. The standard InChI is InChI=1S/C27H38N4O3S2.ClH/c1-7-10-15-29(6)36(33,34)23-13-11-22(12-14-23)26(32)31(17-16-30(8-2)9-3)27-28-24-19-20(4)18-21(5)25(24)35-27;/h11-14,18-19H,7-10,15-17H2,1-6H3;1H. The second-order valence-corrected chi connectivity index (χ2v) is 12.1. The molecule has 37 heavy (non-hydrogen) atoms. The van der Waals surface area contributed by atoms with Gasteiger partial charge in [-0.2, -0.15) is 0 Å². The van der Waals surface area contributed by atoms with Crippen molar-refractivity contribution in [2.45, 2.75) is 52.4 Å². The lowest BCUT2D eigenvalue weighted by molar-refractivity contribution is 0.0983. The maximum absolute atomic E-state index is 13.7. The van der Waals surface area contributed by atoms with Crippen LogP contribution in [-0.2, 0) is 10.0 Å². The summed E-state index contributed by atoms with van der Waals surface area (Å²) in [6, 6.07) is 10.4. The Morgan fingerprint density at radius 1 is 0.973 bits per heavy atom. The molecule has 0 fully saturated rings. The number of amides is 1. The SMILES string of the molecule is CCCCN(C)S(=O)(=O)c1ccc(C(=O)N(CCN(CC)CC)c2nc3cc(C)cc(C)c3s2)cc1.Cl. The number of thiazole rings is 1. The number of aryl methyl sites for hydroxylation is 2. The van der Waals surface area contributed by atoms with E-state index in [2.05, 4.69) is 31.7 Å². The number of carbonyl (C=O) groups is 1. The van der Waals surface area contributed by atoms with Crippen LogP contribution in [0.5, 0.6) is 0 Å². The fourth-order valence-electron chi connectivity index (χ4n) is 4.15. The van der Waals surface area contributed by atoms with Crippen LogP contribution >= 0.6 is 23.7 Å². The van der Waals surface area contributed by atoms with E-state index in [1.807, 2.05) is 19.9 Å². The fraction of sp³-hybridized carbons (Fsp3) is 0.481. The molecule has 0 aliphatic carbocycles. The van der Waals surface area contributed by atoms with Crippen molar-refractivity contribution in [2.24, 2.45) is 0 Å². The van der Waals surface area contributed by atoms with E-state index in [1.54, 1.807) is 24.1 Å². The van der Waals surface area contributed by atoms with E-state index >= 15 is 0 Å². The van der Waals surface area contributed by atoms with Gasteiger partial charge in [0.1, 0.15) is 0 Å². The van der Waals surface area contributed by atoms with Gasteiger partial charge in [0.25, 0.3) is 5.91 Å². The van der Waals surface area contributed by atoms with Crippen molar-refractivity contribution in [3.8, 4) is 0 Å². The summed E-state index contributed by atoms with van der Waals surface area (Å²) in [6.07, 6.45) is 1.72. The van der Waals surface area contributed by atoms with Crippen molar-refractivity contribution in [3.63, 3.8) is 0 Å². The van der Waals surface area contributed by atoms with Crippen LogP contribution in [0.3, 0.4) is 0 Å². The van der Waals surface area contributed by atoms with E-state index < -0.39 is 10.0 Å². The van der Waals surface area contributed by atoms with Crippen molar-refractivity contribution < 1.29 is 13.2 Å². The minimum absolute atomic E-state index is 0. The molecule has 0 bridgehead atoms. The Kier molecular flexibility index (Phi) is 11.5. The van der Waals surface area contributed by atoms with Gasteiger partial charge in [0.2, 0.25) is 10.0 Å². The normalized spacial score (nSPS) is 11.8. The van der Waals surface area contributed by atoms with Crippen molar-refractivity contribution in [2.75, 3.05) is 44.7 Å². The molecule has 1 aromatic heterocycles. The quantitative estimate of drug-likeness (QED) is 0.279. The van der Waals surface area contributed by atoms with Crippen LogP contribution in [0.2, 0.25) is 0 Å². The molecule has 204 valence electrons. The molecule has 0 saturated carbocycles. The van der Waals surface area contributed by atoms with Crippen molar-refractivity contribution >= 4 is 55.0 Å². The zero-order valence-corrected chi connectivity index (χ0v) is 25.1. The first-order valence-corrected chi connectivity index (χ1v) is 14.9. The minimum atomic E-state index is -3.59. The Labute approximate surface area is 231 Å². The third-order valence-electron chi connectivity index (χ3n) is 6.46. The van der Waals surface area contributed by atoms with Crippen molar-refractivity contribution in [3.05, 3.63) is 53.1 Å². The van der Waals surface area contributed by atoms with Crippen LogP contribution in [0.25, 0.3) is 10.2 Å². The minimum Gasteiger partial charge on any atom is -0.302 e. The molecule has 0 unspecified atom stereocenters. The Morgan fingerprint density at radius 2 is 1.62 bits per heavy atom. The largest absolute Gasteiger partial charge is 0.302 e. The average molecular weight is 567 g/mol. The lowest BCUT2D eigenvalue weighted by Crippen LogP contribution is -2.38. The van der Waals surface area contributed by atoms with E-state index in [0.29, 0.717) is 23.8 Å². The first-order valence-electron chi connectivity index (χ1n) is 12.6. The highest BCUT2D eigenvalue weighted by molar-refractivity contribution is 7.89. The number of benzene rings is 2. The number of likely N-dealkylation sites (N-methyl/N-ethyl adjacent to an activating group) is 1. The Morgan fingerprint density at radius 3 is 2.22 bits per heavy atom. The predicted molar refractivity (Wildman–Crippen MR) is 157 cm³/mol. The monoisotopic (exact) mass is 566 g/mol. The molecule has 3 aromatic rings. The number of anilines is 1. The molecule has 1 heterocycles. The van der Waals surface area contributed by atoms with Gasteiger partial charge in [-0.05, 0) is 74.8 Å². The fourth-order valence-corrected chi connectivity index (χ4v) is 6.40. The van der Waals surface area contributed by atoms with Crippen LogP contribution in [0.15, 0.2) is 41.3 Å². The average Bonchev–Trinajstić information content (AvgIpc) is 3.29. The summed E-state index contributed by atoms with van der Waals surface area (Å²) < 4.78 is 28.2. The first-order chi connectivity index (χ1) is 17.1. The van der Waals surface area contributed by atoms with Crippen LogP contribution in [0, 0.1) is 13.8 Å². The first kappa shape index (κ1) is 31.2. The molecule has 0 spiro atoms. The van der Waals surface area contributed by atoms with Gasteiger partial charge in [-0.1, -0.05) is 44.6 Å². The molecule has 0 aliphatic rings. The van der Waals surface area contributed by atoms with Gasteiger partial charge in [-0.25, -0.2) is 17.7 Å². The summed E-state index contributed by atoms with van der Waals surface area (Å²) >= 11 is 1.52. The summed E-state index contributed by atoms with van der Waals surface area (Å²) in [5.74, 6) is -0.182. The van der Waals surface area contributed by atoms with Crippen molar-refractivity contribution in [1.82, 2.24) is 14.2 Å². The number of hydrogen-bond donors (Lipinski definition) is 0. The Balaban J connectivity index is 0.00000481. The van der Waals surface area contributed by atoms with Crippen LogP contribution in [0.4, 0.5) is 5.13 Å². The van der Waals surface area contributed by atoms with Gasteiger partial charge in [0.15, 0.2) is 5.13 Å². The predicted octanol–water partition coefficient (Wildman–Crippen LogP) is 5.74. The third kappa shape index (κ3) is 7.29. The third-order valence-corrected chi connectivity index (χ3v) is 9.56. The van der Waals surface area contributed by atoms with E-state index in [1.165, 1.54) is 27.8 Å². The molecule has 0 N–H and O–H groups in total. The van der Waals surface area contributed by atoms with Gasteiger partial charge < -0.3 is 4.90 Å². The van der Waals surface area contributed by atoms with E-state index in [9.17, 15) is 13.2 Å². The molecular weight excluding hydrogens is 528 g/mol. The highest BCUT2D eigenvalue weighted by Gasteiger charge is 2.24. The van der Waals surface area contributed by atoms with E-state index in [0.717, 1.165) is 53.8 Å². The van der Waals surface area contributed by atoms with Gasteiger partial charge >= 0.3 is 0 Å². The number of fused-ring (bicyclic) bond motifs is 1. The lowest BCUT2D eigenvalue weighted by Gasteiger charge is -2.25. The maximum atomic E-state index is 13.7. The summed E-state index contributed by atoms with van der Waals surface area (Å²) in [5, 5.41) is 0.659. The number of halogens is 1. The van der Waals surface area contributed by atoms with E-state index in [-0.39, 0.29) is 23.2 Å². The molecule has 3 rings (SSSR count). The van der Waals surface area contributed by atoms with Crippen LogP contribution < -0.4 is 4.90 Å². The number of nitrogens with zero attached hydrogens (tertiary/aromatic N) is 4. The molecular formula is C27H39ClN4O3S2. The molecule has 0 saturated heterocycles. The van der Waals surface area contributed by atoms with Gasteiger partial charge in [-0.3, -0.25) is 9.69 Å². The molecule has 0 atom stereocenters. The maximum Gasteiger partial charge on any atom is 0.260 e. The molecule has 10 heteroatoms. The molecule has 7 nitrogen and oxygen atoms in total. The molecule has 0 aliphatic heterocycles. The van der Waals surface area contributed by atoms with Crippen molar-refractivity contribution in [1.29, 1.82) is 0 Å².